The molecular weight excluding hydrogens is 293 g/mol. The van der Waals surface area contributed by atoms with Gasteiger partial charge in [-0.2, -0.15) is 5.26 Å². The molecule has 5 nitrogen and oxygen atoms in total. The molecule has 21 heavy (non-hydrogen) atoms. The fourth-order valence-corrected chi connectivity index (χ4v) is 3.42. The van der Waals surface area contributed by atoms with Crippen molar-refractivity contribution >= 4 is 15.7 Å². The lowest BCUT2D eigenvalue weighted by atomic mass is 9.99. The molecule has 1 heterocycles. The summed E-state index contributed by atoms with van der Waals surface area (Å²) in [5.74, 6) is -0.312. The first-order valence-corrected chi connectivity index (χ1v) is 8.63. The topological polar surface area (TPSA) is 73.2 Å². The lowest BCUT2D eigenvalue weighted by Gasteiger charge is -2.31. The predicted molar refractivity (Wildman–Crippen MR) is 78.7 cm³/mol. The monoisotopic (exact) mass is 311 g/mol. The molecule has 0 aliphatic carbocycles. The Hall–Kier alpha value is -1.65. The van der Waals surface area contributed by atoms with E-state index in [9.17, 15) is 12.8 Å². The average molecular weight is 311 g/mol. The average Bonchev–Trinajstić information content (AvgIpc) is 2.45. The number of benzene rings is 1. The molecule has 7 heteroatoms. The third kappa shape index (κ3) is 4.16. The second-order valence-electron chi connectivity index (χ2n) is 5.32. The lowest BCUT2D eigenvalue weighted by molar-refractivity contribution is 0.276. The zero-order valence-corrected chi connectivity index (χ0v) is 12.7. The molecule has 0 saturated carbocycles. The van der Waals surface area contributed by atoms with Crippen LogP contribution in [0.2, 0.25) is 0 Å². The van der Waals surface area contributed by atoms with Crippen LogP contribution in [0, 0.1) is 23.1 Å². The minimum atomic E-state index is -3.16. The van der Waals surface area contributed by atoms with Crippen molar-refractivity contribution in [2.75, 3.05) is 31.2 Å². The fraction of sp³-hybridized carbons (Fsp3) is 0.500. The summed E-state index contributed by atoms with van der Waals surface area (Å²) < 4.78 is 38.3. The van der Waals surface area contributed by atoms with Gasteiger partial charge in [-0.1, -0.05) is 0 Å². The van der Waals surface area contributed by atoms with Crippen LogP contribution < -0.4 is 5.32 Å². The summed E-state index contributed by atoms with van der Waals surface area (Å²) in [6, 6.07) is 6.15. The number of nitrogens with one attached hydrogen (secondary N) is 1. The molecule has 1 unspecified atom stereocenters. The van der Waals surface area contributed by atoms with E-state index in [1.807, 2.05) is 6.07 Å². The molecule has 0 amide bonds. The van der Waals surface area contributed by atoms with Gasteiger partial charge < -0.3 is 5.32 Å². The Morgan fingerprint density at radius 1 is 1.52 bits per heavy atom. The van der Waals surface area contributed by atoms with Gasteiger partial charge in [0.05, 0.1) is 23.6 Å². The summed E-state index contributed by atoms with van der Waals surface area (Å²) in [5.41, 5.74) is 0.615. The molecule has 1 aromatic rings. The van der Waals surface area contributed by atoms with Gasteiger partial charge in [0.1, 0.15) is 5.82 Å². The Kier molecular flexibility index (Phi) is 4.80. The highest BCUT2D eigenvalue weighted by molar-refractivity contribution is 7.88. The Morgan fingerprint density at radius 3 is 2.90 bits per heavy atom. The van der Waals surface area contributed by atoms with Crippen LogP contribution in [0.15, 0.2) is 18.2 Å². The maximum atomic E-state index is 13.7. The quantitative estimate of drug-likeness (QED) is 0.920. The summed E-state index contributed by atoms with van der Waals surface area (Å²) in [7, 11) is -3.16. The van der Waals surface area contributed by atoms with E-state index in [1.54, 1.807) is 6.07 Å². The van der Waals surface area contributed by atoms with Crippen LogP contribution in [-0.2, 0) is 10.0 Å². The van der Waals surface area contributed by atoms with E-state index in [0.29, 0.717) is 25.3 Å². The number of nitriles is 1. The van der Waals surface area contributed by atoms with Crippen LogP contribution in [0.25, 0.3) is 0 Å². The van der Waals surface area contributed by atoms with Crippen molar-refractivity contribution in [2.24, 2.45) is 5.92 Å². The third-order valence-corrected chi connectivity index (χ3v) is 4.90. The van der Waals surface area contributed by atoms with E-state index < -0.39 is 15.8 Å². The summed E-state index contributed by atoms with van der Waals surface area (Å²) >= 11 is 0. The maximum absolute atomic E-state index is 13.7. The summed E-state index contributed by atoms with van der Waals surface area (Å²) in [6.07, 6.45) is 2.94. The highest BCUT2D eigenvalue weighted by atomic mass is 32.2. The zero-order chi connectivity index (χ0) is 15.5. The first-order valence-electron chi connectivity index (χ1n) is 6.79. The molecule has 1 aliphatic rings. The first kappa shape index (κ1) is 15.7. The highest BCUT2D eigenvalue weighted by Gasteiger charge is 2.25. The Labute approximate surface area is 124 Å². The Morgan fingerprint density at radius 2 is 2.29 bits per heavy atom. The molecule has 1 atom stereocenters. The molecule has 1 N–H and O–H groups in total. The summed E-state index contributed by atoms with van der Waals surface area (Å²) in [6.45, 7) is 1.53. The van der Waals surface area contributed by atoms with E-state index in [2.05, 4.69) is 5.32 Å². The smallest absolute Gasteiger partial charge is 0.211 e. The lowest BCUT2D eigenvalue weighted by Crippen LogP contribution is -2.41. The van der Waals surface area contributed by atoms with Gasteiger partial charge in [0.25, 0.3) is 0 Å². The van der Waals surface area contributed by atoms with Crippen LogP contribution in [0.4, 0.5) is 10.1 Å². The van der Waals surface area contributed by atoms with E-state index in [-0.39, 0.29) is 11.5 Å². The molecule has 1 aromatic carbocycles. The van der Waals surface area contributed by atoms with Crippen molar-refractivity contribution < 1.29 is 12.8 Å². The van der Waals surface area contributed by atoms with Gasteiger partial charge in [0.2, 0.25) is 10.0 Å². The fourth-order valence-electron chi connectivity index (χ4n) is 2.48. The highest BCUT2D eigenvalue weighted by Crippen LogP contribution is 2.21. The van der Waals surface area contributed by atoms with Gasteiger partial charge in [-0.25, -0.2) is 17.1 Å². The normalized spacial score (nSPS) is 20.0. The van der Waals surface area contributed by atoms with Gasteiger partial charge in [-0.15, -0.1) is 0 Å². The number of hydrogen-bond acceptors (Lipinski definition) is 4. The molecule has 0 bridgehead atoms. The van der Waals surface area contributed by atoms with Gasteiger partial charge in [0.15, 0.2) is 0 Å². The van der Waals surface area contributed by atoms with Crippen molar-refractivity contribution in [3.63, 3.8) is 0 Å². The van der Waals surface area contributed by atoms with Crippen LogP contribution in [0.5, 0.6) is 0 Å². The number of piperidine rings is 1. The molecule has 114 valence electrons. The standard InChI is InChI=1S/C14H18FN3O2S/c1-21(19,20)18-6-2-3-12(10-18)9-17-14-5-4-11(8-16)7-13(14)15/h4-5,7,12,17H,2-3,6,9-10H2,1H3. The molecule has 1 fully saturated rings. The number of halogens is 1. The largest absolute Gasteiger partial charge is 0.382 e. The van der Waals surface area contributed by atoms with Crippen LogP contribution in [-0.4, -0.2) is 38.6 Å². The van der Waals surface area contributed by atoms with Gasteiger partial charge in [0, 0.05) is 19.6 Å². The number of sulfonamides is 1. The number of anilines is 1. The molecule has 1 aliphatic heterocycles. The van der Waals surface area contributed by atoms with Gasteiger partial charge >= 0.3 is 0 Å². The number of rotatable bonds is 4. The van der Waals surface area contributed by atoms with Gasteiger partial charge in [-0.3, -0.25) is 0 Å². The summed E-state index contributed by atoms with van der Waals surface area (Å²) in [5, 5.41) is 11.7. The van der Waals surface area contributed by atoms with E-state index in [4.69, 9.17) is 5.26 Å². The minimum absolute atomic E-state index is 0.156. The summed E-state index contributed by atoms with van der Waals surface area (Å²) in [4.78, 5) is 0. The van der Waals surface area contributed by atoms with E-state index in [0.717, 1.165) is 12.8 Å². The van der Waals surface area contributed by atoms with Gasteiger partial charge in [-0.05, 0) is 37.0 Å². The molecule has 1 saturated heterocycles. The molecule has 0 radical (unpaired) electrons. The number of hydrogen-bond donors (Lipinski definition) is 1. The molecule has 0 aromatic heterocycles. The Bertz CT molecular complexity index is 655. The predicted octanol–water partition coefficient (Wildman–Crippen LogP) is 1.78. The van der Waals surface area contributed by atoms with Crippen molar-refractivity contribution in [2.45, 2.75) is 12.8 Å². The first-order chi connectivity index (χ1) is 9.90. The second-order valence-corrected chi connectivity index (χ2v) is 7.30. The second kappa shape index (κ2) is 6.41. The van der Waals surface area contributed by atoms with Crippen LogP contribution >= 0.6 is 0 Å². The van der Waals surface area contributed by atoms with Crippen molar-refractivity contribution in [1.29, 1.82) is 5.26 Å². The van der Waals surface area contributed by atoms with E-state index in [1.165, 1.54) is 22.7 Å². The molecule has 0 spiro atoms. The minimum Gasteiger partial charge on any atom is -0.382 e. The van der Waals surface area contributed by atoms with Crippen LogP contribution in [0.3, 0.4) is 0 Å². The number of nitrogens with zero attached hydrogens (tertiary/aromatic N) is 2. The van der Waals surface area contributed by atoms with Crippen molar-refractivity contribution in [3.8, 4) is 6.07 Å². The molecule has 2 rings (SSSR count). The molecular formula is C14H18FN3O2S. The Balaban J connectivity index is 1.96. The SMILES string of the molecule is CS(=O)(=O)N1CCCC(CNc2ccc(C#N)cc2F)C1. The maximum Gasteiger partial charge on any atom is 0.211 e. The zero-order valence-electron chi connectivity index (χ0n) is 11.8. The van der Waals surface area contributed by atoms with Crippen molar-refractivity contribution in [3.05, 3.63) is 29.6 Å². The van der Waals surface area contributed by atoms with E-state index >= 15 is 0 Å². The van der Waals surface area contributed by atoms with Crippen molar-refractivity contribution in [1.82, 2.24) is 4.31 Å². The van der Waals surface area contributed by atoms with Crippen LogP contribution in [0.1, 0.15) is 18.4 Å². The third-order valence-electron chi connectivity index (χ3n) is 3.63.